The summed E-state index contributed by atoms with van der Waals surface area (Å²) in [5.74, 6) is 0.726. The van der Waals surface area contributed by atoms with Crippen LogP contribution in [0.15, 0.2) is 23.1 Å². The molecule has 1 N–H and O–H groups in total. The molecular formula is C12H15NO2S. The van der Waals surface area contributed by atoms with Gasteiger partial charge in [0.1, 0.15) is 5.75 Å². The highest BCUT2D eigenvalue weighted by atomic mass is 32.2. The summed E-state index contributed by atoms with van der Waals surface area (Å²) in [5.41, 5.74) is 0.688. The lowest BCUT2D eigenvalue weighted by molar-refractivity contribution is 0.0959. The molecule has 0 saturated heterocycles. The number of hydrogen-bond acceptors (Lipinski definition) is 3. The summed E-state index contributed by atoms with van der Waals surface area (Å²) < 4.78 is 5.67. The van der Waals surface area contributed by atoms with Gasteiger partial charge in [-0.3, -0.25) is 4.79 Å². The largest absolute Gasteiger partial charge is 0.490 e. The normalized spacial score (nSPS) is 14.6. The van der Waals surface area contributed by atoms with E-state index in [0.29, 0.717) is 11.7 Å². The van der Waals surface area contributed by atoms with Gasteiger partial charge >= 0.3 is 0 Å². The minimum absolute atomic E-state index is 0.0643. The van der Waals surface area contributed by atoms with Gasteiger partial charge in [0.2, 0.25) is 0 Å². The number of nitrogens with one attached hydrogen (secondary N) is 1. The Morgan fingerprint density at radius 1 is 1.50 bits per heavy atom. The van der Waals surface area contributed by atoms with Crippen LogP contribution >= 0.6 is 11.8 Å². The molecule has 0 radical (unpaired) electrons. The molecule has 0 bridgehead atoms. The number of thioether (sulfide) groups is 1. The molecule has 1 fully saturated rings. The van der Waals surface area contributed by atoms with Crippen molar-refractivity contribution in [3.8, 4) is 5.75 Å². The lowest BCUT2D eigenvalue weighted by Gasteiger charge is -2.09. The van der Waals surface area contributed by atoms with Crippen LogP contribution in [0.25, 0.3) is 0 Å². The monoisotopic (exact) mass is 237 g/mol. The van der Waals surface area contributed by atoms with Crippen LogP contribution in [0.4, 0.5) is 0 Å². The van der Waals surface area contributed by atoms with Crippen LogP contribution < -0.4 is 10.1 Å². The first-order valence-corrected chi connectivity index (χ1v) is 6.54. The maximum atomic E-state index is 11.7. The SMILES string of the molecule is CNC(=O)c1cc(OC2CC2)ccc1SC. The number of hydrogen-bond donors (Lipinski definition) is 1. The Hall–Kier alpha value is -1.16. The third kappa shape index (κ3) is 2.50. The van der Waals surface area contributed by atoms with Crippen LogP contribution in [0, 0.1) is 0 Å². The molecule has 1 aliphatic rings. The Morgan fingerprint density at radius 3 is 2.81 bits per heavy atom. The van der Waals surface area contributed by atoms with E-state index in [4.69, 9.17) is 4.74 Å². The van der Waals surface area contributed by atoms with E-state index in [0.717, 1.165) is 23.5 Å². The summed E-state index contributed by atoms with van der Waals surface area (Å²) in [6.07, 6.45) is 4.57. The number of benzene rings is 1. The van der Waals surface area contributed by atoms with Crippen molar-refractivity contribution in [3.63, 3.8) is 0 Å². The minimum Gasteiger partial charge on any atom is -0.490 e. The predicted molar refractivity (Wildman–Crippen MR) is 65.3 cm³/mol. The predicted octanol–water partition coefficient (Wildman–Crippen LogP) is 2.31. The first-order chi connectivity index (χ1) is 7.74. The van der Waals surface area contributed by atoms with Crippen LogP contribution in [-0.2, 0) is 0 Å². The summed E-state index contributed by atoms with van der Waals surface area (Å²) in [6, 6.07) is 5.69. The van der Waals surface area contributed by atoms with Gasteiger partial charge in [-0.2, -0.15) is 0 Å². The molecule has 1 aromatic rings. The standard InChI is InChI=1S/C12H15NO2S/c1-13-12(14)10-7-9(15-8-3-4-8)5-6-11(10)16-2/h5-8H,3-4H2,1-2H3,(H,13,14). The third-order valence-electron chi connectivity index (χ3n) is 2.47. The lowest BCUT2D eigenvalue weighted by atomic mass is 10.2. The van der Waals surface area contributed by atoms with Gasteiger partial charge in [-0.05, 0) is 37.3 Å². The van der Waals surface area contributed by atoms with Crippen LogP contribution in [0.1, 0.15) is 23.2 Å². The van der Waals surface area contributed by atoms with Crippen LogP contribution in [0.3, 0.4) is 0 Å². The van der Waals surface area contributed by atoms with Gasteiger partial charge in [0.15, 0.2) is 0 Å². The van der Waals surface area contributed by atoms with E-state index in [9.17, 15) is 4.79 Å². The second-order valence-electron chi connectivity index (χ2n) is 3.76. The highest BCUT2D eigenvalue weighted by Gasteiger charge is 2.24. The van der Waals surface area contributed by atoms with Gasteiger partial charge in [-0.25, -0.2) is 0 Å². The fourth-order valence-corrected chi connectivity index (χ4v) is 2.03. The fraction of sp³-hybridized carbons (Fsp3) is 0.417. The van der Waals surface area contributed by atoms with Crippen molar-refractivity contribution < 1.29 is 9.53 Å². The molecular weight excluding hydrogens is 222 g/mol. The first kappa shape index (κ1) is 11.3. The minimum atomic E-state index is -0.0643. The molecule has 3 nitrogen and oxygen atoms in total. The van der Waals surface area contributed by atoms with Crippen molar-refractivity contribution in [1.29, 1.82) is 0 Å². The average molecular weight is 237 g/mol. The topological polar surface area (TPSA) is 38.3 Å². The third-order valence-corrected chi connectivity index (χ3v) is 3.27. The van der Waals surface area contributed by atoms with E-state index in [1.807, 2.05) is 24.5 Å². The van der Waals surface area contributed by atoms with Gasteiger partial charge in [0.25, 0.3) is 5.91 Å². The Bertz CT molecular complexity index is 402. The van der Waals surface area contributed by atoms with Gasteiger partial charge in [-0.15, -0.1) is 11.8 Å². The number of rotatable bonds is 4. The maximum Gasteiger partial charge on any atom is 0.252 e. The van der Waals surface area contributed by atoms with E-state index in [1.54, 1.807) is 18.8 Å². The zero-order valence-corrected chi connectivity index (χ0v) is 10.3. The second-order valence-corrected chi connectivity index (χ2v) is 4.61. The van der Waals surface area contributed by atoms with Crippen molar-refractivity contribution in [2.75, 3.05) is 13.3 Å². The molecule has 1 saturated carbocycles. The Balaban J connectivity index is 2.25. The summed E-state index contributed by atoms with van der Waals surface area (Å²) in [5, 5.41) is 2.64. The van der Waals surface area contributed by atoms with Crippen molar-refractivity contribution in [2.24, 2.45) is 0 Å². The number of ether oxygens (including phenoxy) is 1. The summed E-state index contributed by atoms with van der Waals surface area (Å²) in [4.78, 5) is 12.6. The summed E-state index contributed by atoms with van der Waals surface area (Å²) in [6.45, 7) is 0. The number of carbonyl (C=O) groups is 1. The zero-order chi connectivity index (χ0) is 11.5. The lowest BCUT2D eigenvalue weighted by Crippen LogP contribution is -2.18. The highest BCUT2D eigenvalue weighted by molar-refractivity contribution is 7.98. The van der Waals surface area contributed by atoms with Crippen molar-refractivity contribution in [1.82, 2.24) is 5.32 Å². The van der Waals surface area contributed by atoms with Gasteiger partial charge in [0.05, 0.1) is 11.7 Å². The van der Waals surface area contributed by atoms with Gasteiger partial charge < -0.3 is 10.1 Å². The highest BCUT2D eigenvalue weighted by Crippen LogP contribution is 2.30. The molecule has 0 unspecified atom stereocenters. The molecule has 1 amide bonds. The molecule has 16 heavy (non-hydrogen) atoms. The van der Waals surface area contributed by atoms with E-state index in [2.05, 4.69) is 5.32 Å². The van der Waals surface area contributed by atoms with Gasteiger partial charge in [0, 0.05) is 11.9 Å². The smallest absolute Gasteiger partial charge is 0.252 e. The Kier molecular flexibility index (Phi) is 3.39. The Labute approximate surface area is 99.6 Å². The van der Waals surface area contributed by atoms with E-state index in [-0.39, 0.29) is 5.91 Å². The van der Waals surface area contributed by atoms with Crippen LogP contribution in [0.2, 0.25) is 0 Å². The van der Waals surface area contributed by atoms with E-state index < -0.39 is 0 Å². The average Bonchev–Trinajstić information content (AvgIpc) is 3.12. The van der Waals surface area contributed by atoms with Crippen molar-refractivity contribution >= 4 is 17.7 Å². The van der Waals surface area contributed by atoms with Gasteiger partial charge in [-0.1, -0.05) is 0 Å². The van der Waals surface area contributed by atoms with Crippen molar-refractivity contribution in [2.45, 2.75) is 23.8 Å². The van der Waals surface area contributed by atoms with Crippen molar-refractivity contribution in [3.05, 3.63) is 23.8 Å². The Morgan fingerprint density at radius 2 is 2.25 bits per heavy atom. The van der Waals surface area contributed by atoms with E-state index >= 15 is 0 Å². The first-order valence-electron chi connectivity index (χ1n) is 5.31. The molecule has 0 spiro atoms. The second kappa shape index (κ2) is 4.78. The molecule has 0 heterocycles. The molecule has 4 heteroatoms. The van der Waals surface area contributed by atoms with Crippen LogP contribution in [-0.4, -0.2) is 25.3 Å². The maximum absolute atomic E-state index is 11.7. The molecule has 1 aromatic carbocycles. The molecule has 2 rings (SSSR count). The summed E-state index contributed by atoms with van der Waals surface area (Å²) >= 11 is 1.57. The number of carbonyl (C=O) groups excluding carboxylic acids is 1. The zero-order valence-electron chi connectivity index (χ0n) is 9.45. The summed E-state index contributed by atoms with van der Waals surface area (Å²) in [7, 11) is 1.64. The van der Waals surface area contributed by atoms with Crippen LogP contribution in [0.5, 0.6) is 5.75 Å². The molecule has 86 valence electrons. The molecule has 0 aliphatic heterocycles. The quantitative estimate of drug-likeness (QED) is 0.817. The van der Waals surface area contributed by atoms with E-state index in [1.165, 1.54) is 0 Å². The molecule has 0 atom stereocenters. The molecule has 0 aromatic heterocycles. The fourth-order valence-electron chi connectivity index (χ4n) is 1.45. The molecule has 1 aliphatic carbocycles. The number of amides is 1.